The molecule has 2 aromatic rings. The van der Waals surface area contributed by atoms with E-state index in [1.54, 1.807) is 11.7 Å². The van der Waals surface area contributed by atoms with Crippen LogP contribution in [-0.2, 0) is 18.4 Å². The minimum absolute atomic E-state index is 0.0172. The van der Waals surface area contributed by atoms with Gasteiger partial charge in [-0.1, -0.05) is 0 Å². The number of fused-ring (bicyclic) bond motifs is 1. The lowest BCUT2D eigenvalue weighted by Gasteiger charge is -2.24. The second-order valence-corrected chi connectivity index (χ2v) is 6.67. The summed E-state index contributed by atoms with van der Waals surface area (Å²) in [7, 11) is 3.52. The number of nitrogens with zero attached hydrogens (tertiary/aromatic N) is 4. The summed E-state index contributed by atoms with van der Waals surface area (Å²) in [5.74, 6) is 0.746. The second-order valence-electron chi connectivity index (χ2n) is 6.02. The van der Waals surface area contributed by atoms with Crippen molar-refractivity contribution >= 4 is 28.7 Å². The summed E-state index contributed by atoms with van der Waals surface area (Å²) >= 11 is 6.27. The number of nitrogens with one attached hydrogen (secondary N) is 1. The van der Waals surface area contributed by atoms with Crippen molar-refractivity contribution in [2.45, 2.75) is 39.6 Å². The van der Waals surface area contributed by atoms with E-state index in [-0.39, 0.29) is 11.3 Å². The molecule has 21 heavy (non-hydrogen) atoms. The van der Waals surface area contributed by atoms with Crippen molar-refractivity contribution in [1.82, 2.24) is 24.6 Å². The van der Waals surface area contributed by atoms with Gasteiger partial charge in [-0.25, -0.2) is 4.98 Å². The molecule has 0 saturated carbocycles. The Balaban J connectivity index is 2.61. The Morgan fingerprint density at radius 3 is 2.62 bits per heavy atom. The molecule has 2 heterocycles. The highest BCUT2D eigenvalue weighted by molar-refractivity contribution is 6.20. The quantitative estimate of drug-likeness (QED) is 0.880. The fraction of sp³-hybridized carbons (Fsp3) is 0.643. The summed E-state index contributed by atoms with van der Waals surface area (Å²) in [6, 6.07) is 0. The molecule has 0 aliphatic heterocycles. The SMILES string of the molecule is CNC(=O)C(C)(C)Cn1c(C(C)Cl)nc2c(C)nn(C)c21. The molecule has 2 aromatic heterocycles. The van der Waals surface area contributed by atoms with Crippen LogP contribution in [0.25, 0.3) is 11.2 Å². The minimum Gasteiger partial charge on any atom is -0.359 e. The summed E-state index contributed by atoms with van der Waals surface area (Å²) in [5, 5.41) is 6.86. The molecule has 0 bridgehead atoms. The Hall–Kier alpha value is -1.56. The highest BCUT2D eigenvalue weighted by atomic mass is 35.5. The van der Waals surface area contributed by atoms with E-state index in [0.717, 1.165) is 22.7 Å². The maximum absolute atomic E-state index is 12.1. The number of amides is 1. The van der Waals surface area contributed by atoms with Crippen molar-refractivity contribution in [2.24, 2.45) is 12.5 Å². The first-order valence-corrected chi connectivity index (χ1v) is 7.38. The van der Waals surface area contributed by atoms with E-state index in [9.17, 15) is 4.79 Å². The minimum atomic E-state index is -0.568. The molecule has 0 aliphatic carbocycles. The smallest absolute Gasteiger partial charge is 0.227 e. The Morgan fingerprint density at radius 1 is 1.48 bits per heavy atom. The molecule has 1 N–H and O–H groups in total. The summed E-state index contributed by atoms with van der Waals surface area (Å²) in [5.41, 5.74) is 2.03. The van der Waals surface area contributed by atoms with Crippen LogP contribution in [0, 0.1) is 12.3 Å². The second kappa shape index (κ2) is 5.33. The predicted octanol–water partition coefficient (Wildman–Crippen LogP) is 2.15. The predicted molar refractivity (Wildman–Crippen MR) is 83.4 cm³/mol. The summed E-state index contributed by atoms with van der Waals surface area (Å²) in [6.45, 7) is 8.11. The number of imidazole rings is 1. The zero-order valence-corrected chi connectivity index (χ0v) is 14.1. The van der Waals surface area contributed by atoms with Crippen LogP contribution >= 0.6 is 11.6 Å². The Kier molecular flexibility index (Phi) is 4.02. The Bertz CT molecular complexity index is 683. The molecule has 1 unspecified atom stereocenters. The van der Waals surface area contributed by atoms with Crippen molar-refractivity contribution in [1.29, 1.82) is 0 Å². The first-order chi connectivity index (χ1) is 9.69. The molecule has 116 valence electrons. The van der Waals surface area contributed by atoms with Gasteiger partial charge in [-0.3, -0.25) is 9.48 Å². The molecule has 7 heteroatoms. The summed E-state index contributed by atoms with van der Waals surface area (Å²) in [4.78, 5) is 16.7. The van der Waals surface area contributed by atoms with Crippen molar-refractivity contribution in [3.63, 3.8) is 0 Å². The Labute approximate surface area is 129 Å². The normalized spacial score (nSPS) is 13.7. The van der Waals surface area contributed by atoms with Gasteiger partial charge in [0, 0.05) is 20.6 Å². The van der Waals surface area contributed by atoms with Crippen molar-refractivity contribution in [3.8, 4) is 0 Å². The van der Waals surface area contributed by atoms with Gasteiger partial charge in [0.05, 0.1) is 16.5 Å². The van der Waals surface area contributed by atoms with Gasteiger partial charge in [-0.05, 0) is 27.7 Å². The molecule has 2 rings (SSSR count). The van der Waals surface area contributed by atoms with E-state index in [1.165, 1.54) is 0 Å². The van der Waals surface area contributed by atoms with Gasteiger partial charge in [-0.2, -0.15) is 5.10 Å². The van der Waals surface area contributed by atoms with Gasteiger partial charge in [0.15, 0.2) is 5.65 Å². The monoisotopic (exact) mass is 311 g/mol. The molecule has 0 fully saturated rings. The van der Waals surface area contributed by atoms with Crippen molar-refractivity contribution < 1.29 is 4.79 Å². The third-order valence-corrected chi connectivity index (χ3v) is 3.87. The van der Waals surface area contributed by atoms with E-state index in [2.05, 4.69) is 15.4 Å². The number of aromatic nitrogens is 4. The fourth-order valence-corrected chi connectivity index (χ4v) is 2.78. The van der Waals surface area contributed by atoms with Crippen LogP contribution in [0.1, 0.15) is 37.7 Å². The molecule has 0 aromatic carbocycles. The van der Waals surface area contributed by atoms with E-state index in [0.29, 0.717) is 6.54 Å². The third kappa shape index (κ3) is 2.64. The van der Waals surface area contributed by atoms with Gasteiger partial charge in [-0.15, -0.1) is 11.6 Å². The van der Waals surface area contributed by atoms with Crippen LogP contribution < -0.4 is 5.32 Å². The number of carbonyl (C=O) groups is 1. The first-order valence-electron chi connectivity index (χ1n) is 6.95. The lowest BCUT2D eigenvalue weighted by atomic mass is 9.92. The van der Waals surface area contributed by atoms with E-state index in [4.69, 9.17) is 11.6 Å². The van der Waals surface area contributed by atoms with Crippen LogP contribution in [0.4, 0.5) is 0 Å². The number of aryl methyl sites for hydroxylation is 2. The van der Waals surface area contributed by atoms with Gasteiger partial charge in [0.2, 0.25) is 5.91 Å². The largest absolute Gasteiger partial charge is 0.359 e. The molecule has 1 amide bonds. The van der Waals surface area contributed by atoms with E-state index >= 15 is 0 Å². The highest BCUT2D eigenvalue weighted by Gasteiger charge is 2.31. The number of alkyl halides is 1. The Morgan fingerprint density at radius 2 is 2.10 bits per heavy atom. The van der Waals surface area contributed by atoms with Crippen LogP contribution in [0.5, 0.6) is 0 Å². The number of hydrogen-bond acceptors (Lipinski definition) is 3. The lowest BCUT2D eigenvalue weighted by Crippen LogP contribution is -2.38. The number of hydrogen-bond donors (Lipinski definition) is 1. The maximum atomic E-state index is 12.1. The maximum Gasteiger partial charge on any atom is 0.227 e. The summed E-state index contributed by atoms with van der Waals surface area (Å²) < 4.78 is 3.79. The third-order valence-electron chi connectivity index (χ3n) is 3.67. The van der Waals surface area contributed by atoms with Crippen LogP contribution in [-0.4, -0.2) is 32.3 Å². The van der Waals surface area contributed by atoms with E-state index < -0.39 is 5.41 Å². The number of halogens is 1. The molecular weight excluding hydrogens is 290 g/mol. The van der Waals surface area contributed by atoms with Gasteiger partial charge in [0.25, 0.3) is 0 Å². The molecule has 0 aliphatic rings. The standard InChI is InChI=1S/C14H22ClN5O/c1-8(15)11-17-10-9(2)18-19(6)12(10)20(11)7-14(3,4)13(21)16-5/h8H,7H2,1-6H3,(H,16,21). The number of carbonyl (C=O) groups excluding carboxylic acids is 1. The zero-order chi connectivity index (χ0) is 15.9. The lowest BCUT2D eigenvalue weighted by molar-refractivity contribution is -0.129. The van der Waals surface area contributed by atoms with Gasteiger partial charge in [0.1, 0.15) is 11.3 Å². The van der Waals surface area contributed by atoms with Crippen molar-refractivity contribution in [2.75, 3.05) is 7.05 Å². The van der Waals surface area contributed by atoms with E-state index in [1.807, 2.05) is 39.3 Å². The average molecular weight is 312 g/mol. The zero-order valence-electron chi connectivity index (χ0n) is 13.4. The fourth-order valence-electron chi connectivity index (χ4n) is 2.62. The number of rotatable bonds is 4. The van der Waals surface area contributed by atoms with Crippen LogP contribution in [0.2, 0.25) is 0 Å². The molecule has 0 spiro atoms. The first kappa shape index (κ1) is 15.8. The molecular formula is C14H22ClN5O. The average Bonchev–Trinajstić information content (AvgIpc) is 2.88. The van der Waals surface area contributed by atoms with Crippen molar-refractivity contribution in [3.05, 3.63) is 11.5 Å². The molecule has 0 saturated heterocycles. The van der Waals surface area contributed by atoms with Crippen LogP contribution in [0.3, 0.4) is 0 Å². The molecule has 6 nitrogen and oxygen atoms in total. The topological polar surface area (TPSA) is 64.7 Å². The summed E-state index contributed by atoms with van der Waals surface area (Å²) in [6.07, 6.45) is 0. The van der Waals surface area contributed by atoms with Gasteiger partial charge >= 0.3 is 0 Å². The highest BCUT2D eigenvalue weighted by Crippen LogP contribution is 2.29. The van der Waals surface area contributed by atoms with Crippen LogP contribution in [0.15, 0.2) is 0 Å². The molecule has 1 atom stereocenters. The molecule has 0 radical (unpaired) electrons. The van der Waals surface area contributed by atoms with Gasteiger partial charge < -0.3 is 9.88 Å².